The van der Waals surface area contributed by atoms with Gasteiger partial charge >= 0.3 is 0 Å². The lowest BCUT2D eigenvalue weighted by Gasteiger charge is -2.28. The highest BCUT2D eigenvalue weighted by molar-refractivity contribution is 6.30. The van der Waals surface area contributed by atoms with Crippen molar-refractivity contribution in [1.29, 1.82) is 0 Å². The Labute approximate surface area is 109 Å². The molecule has 1 atom stereocenters. The molecule has 0 aliphatic rings. The number of hydrogen-bond donors (Lipinski definition) is 1. The van der Waals surface area contributed by atoms with E-state index in [2.05, 4.69) is 30.9 Å². The van der Waals surface area contributed by atoms with Crippen molar-refractivity contribution >= 4 is 11.6 Å². The predicted octanol–water partition coefficient (Wildman–Crippen LogP) is 1.83. The number of rotatable bonds is 6. The zero-order valence-corrected chi connectivity index (χ0v) is 11.6. The fraction of sp³-hybridized carbons (Fsp3) is 0.538. The summed E-state index contributed by atoms with van der Waals surface area (Å²) < 4.78 is 0. The summed E-state index contributed by atoms with van der Waals surface area (Å²) in [6.07, 6.45) is 0. The lowest BCUT2D eigenvalue weighted by Crippen LogP contribution is -2.35. The quantitative estimate of drug-likeness (QED) is 0.842. The van der Waals surface area contributed by atoms with Crippen molar-refractivity contribution in [3.63, 3.8) is 0 Å². The lowest BCUT2D eigenvalue weighted by molar-refractivity contribution is 0.223. The molecule has 0 saturated heterocycles. The molecular weight excluding hydrogens is 234 g/mol. The first-order valence-electron chi connectivity index (χ1n) is 5.85. The maximum atomic E-state index is 5.89. The van der Waals surface area contributed by atoms with E-state index in [1.807, 2.05) is 24.3 Å². The molecule has 0 radical (unpaired) electrons. The molecule has 2 N–H and O–H groups in total. The Kier molecular flexibility index (Phi) is 5.92. The highest BCUT2D eigenvalue weighted by Gasteiger charge is 2.14. The molecule has 1 rings (SSSR count). The Bertz CT molecular complexity index is 324. The number of halogens is 1. The van der Waals surface area contributed by atoms with Gasteiger partial charge in [-0.1, -0.05) is 23.7 Å². The van der Waals surface area contributed by atoms with Gasteiger partial charge in [0.25, 0.3) is 0 Å². The van der Waals surface area contributed by atoms with E-state index in [1.54, 1.807) is 0 Å². The average Bonchev–Trinajstić information content (AvgIpc) is 2.30. The second-order valence-electron chi connectivity index (χ2n) is 4.59. The first kappa shape index (κ1) is 14.5. The molecule has 0 heterocycles. The normalized spacial score (nSPS) is 13.4. The third kappa shape index (κ3) is 4.64. The van der Waals surface area contributed by atoms with Crippen molar-refractivity contribution in [2.24, 2.45) is 5.73 Å². The molecule has 96 valence electrons. The topological polar surface area (TPSA) is 32.5 Å². The molecule has 17 heavy (non-hydrogen) atoms. The van der Waals surface area contributed by atoms with Crippen LogP contribution in [-0.2, 0) is 0 Å². The van der Waals surface area contributed by atoms with Gasteiger partial charge in [0.05, 0.1) is 0 Å². The summed E-state index contributed by atoms with van der Waals surface area (Å²) in [5, 5.41) is 0.764. The minimum Gasteiger partial charge on any atom is -0.329 e. The number of nitrogens with two attached hydrogens (primary N) is 1. The third-order valence-corrected chi connectivity index (χ3v) is 3.16. The number of hydrogen-bond acceptors (Lipinski definition) is 3. The van der Waals surface area contributed by atoms with Crippen LogP contribution in [0, 0.1) is 0 Å². The van der Waals surface area contributed by atoms with Crippen molar-refractivity contribution in [3.05, 3.63) is 34.9 Å². The van der Waals surface area contributed by atoms with Gasteiger partial charge in [0.1, 0.15) is 0 Å². The molecular formula is C13H22ClN3. The van der Waals surface area contributed by atoms with Crippen LogP contribution in [0.15, 0.2) is 24.3 Å². The number of benzene rings is 1. The Morgan fingerprint density at radius 1 is 1.12 bits per heavy atom. The fourth-order valence-corrected chi connectivity index (χ4v) is 1.89. The van der Waals surface area contributed by atoms with Gasteiger partial charge in [0, 0.05) is 30.7 Å². The van der Waals surface area contributed by atoms with Gasteiger partial charge in [0.15, 0.2) is 0 Å². The molecule has 4 heteroatoms. The maximum absolute atomic E-state index is 5.89. The van der Waals surface area contributed by atoms with Crippen molar-refractivity contribution in [2.75, 3.05) is 40.8 Å². The van der Waals surface area contributed by atoms with Crippen LogP contribution in [0.25, 0.3) is 0 Å². The minimum absolute atomic E-state index is 0.257. The summed E-state index contributed by atoms with van der Waals surface area (Å²) in [6, 6.07) is 8.18. The first-order chi connectivity index (χ1) is 8.04. The average molecular weight is 256 g/mol. The Balaban J connectivity index is 2.66. The second kappa shape index (κ2) is 6.97. The Morgan fingerprint density at radius 2 is 1.71 bits per heavy atom. The van der Waals surface area contributed by atoms with Gasteiger partial charge in [-0.2, -0.15) is 0 Å². The van der Waals surface area contributed by atoms with Crippen LogP contribution in [0.3, 0.4) is 0 Å². The van der Waals surface area contributed by atoms with E-state index in [0.29, 0.717) is 6.54 Å². The largest absolute Gasteiger partial charge is 0.329 e. The summed E-state index contributed by atoms with van der Waals surface area (Å²) in [4.78, 5) is 4.45. The smallest absolute Gasteiger partial charge is 0.0467 e. The third-order valence-electron chi connectivity index (χ3n) is 2.91. The molecule has 1 aromatic rings. The van der Waals surface area contributed by atoms with Crippen LogP contribution in [0.4, 0.5) is 0 Å². The van der Waals surface area contributed by atoms with Gasteiger partial charge in [-0.15, -0.1) is 0 Å². The van der Waals surface area contributed by atoms with Crippen LogP contribution in [-0.4, -0.2) is 50.6 Å². The minimum atomic E-state index is 0.257. The molecule has 0 spiro atoms. The number of nitrogens with zero attached hydrogens (tertiary/aromatic N) is 2. The predicted molar refractivity (Wildman–Crippen MR) is 74.4 cm³/mol. The Hall–Kier alpha value is -0.610. The fourth-order valence-electron chi connectivity index (χ4n) is 1.77. The van der Waals surface area contributed by atoms with Crippen molar-refractivity contribution in [2.45, 2.75) is 6.04 Å². The highest BCUT2D eigenvalue weighted by atomic mass is 35.5. The summed E-state index contributed by atoms with van der Waals surface area (Å²) in [5.41, 5.74) is 7.08. The second-order valence-corrected chi connectivity index (χ2v) is 5.02. The highest BCUT2D eigenvalue weighted by Crippen LogP contribution is 2.20. The van der Waals surface area contributed by atoms with E-state index in [4.69, 9.17) is 17.3 Å². The van der Waals surface area contributed by atoms with Crippen LogP contribution in [0.5, 0.6) is 0 Å². The zero-order valence-electron chi connectivity index (χ0n) is 10.9. The van der Waals surface area contributed by atoms with Crippen LogP contribution < -0.4 is 5.73 Å². The van der Waals surface area contributed by atoms with Gasteiger partial charge in [0.2, 0.25) is 0 Å². The lowest BCUT2D eigenvalue weighted by atomic mass is 10.1. The van der Waals surface area contributed by atoms with E-state index >= 15 is 0 Å². The molecule has 0 bridgehead atoms. The van der Waals surface area contributed by atoms with Crippen molar-refractivity contribution in [1.82, 2.24) is 9.80 Å². The van der Waals surface area contributed by atoms with Crippen LogP contribution >= 0.6 is 11.6 Å². The summed E-state index contributed by atoms with van der Waals surface area (Å²) in [5.74, 6) is 0. The van der Waals surface area contributed by atoms with Gasteiger partial charge < -0.3 is 10.6 Å². The van der Waals surface area contributed by atoms with Crippen molar-refractivity contribution < 1.29 is 0 Å². The molecule has 0 saturated carbocycles. The zero-order chi connectivity index (χ0) is 12.8. The van der Waals surface area contributed by atoms with E-state index in [0.717, 1.165) is 18.1 Å². The summed E-state index contributed by atoms with van der Waals surface area (Å²) in [6.45, 7) is 2.64. The van der Waals surface area contributed by atoms with Gasteiger partial charge in [-0.25, -0.2) is 0 Å². The molecule has 1 aromatic carbocycles. The molecule has 3 nitrogen and oxygen atoms in total. The van der Waals surface area contributed by atoms with Crippen LogP contribution in [0.1, 0.15) is 11.6 Å². The van der Waals surface area contributed by atoms with E-state index in [9.17, 15) is 0 Å². The van der Waals surface area contributed by atoms with E-state index < -0.39 is 0 Å². The molecule has 0 aliphatic heterocycles. The first-order valence-corrected chi connectivity index (χ1v) is 6.23. The summed E-state index contributed by atoms with van der Waals surface area (Å²) in [7, 11) is 6.26. The molecule has 0 aliphatic carbocycles. The molecule has 0 amide bonds. The van der Waals surface area contributed by atoms with E-state index in [-0.39, 0.29) is 6.04 Å². The van der Waals surface area contributed by atoms with Crippen molar-refractivity contribution in [3.8, 4) is 0 Å². The SMILES string of the molecule is CN(C)CCN(C)C(CN)c1ccc(Cl)cc1. The Morgan fingerprint density at radius 3 is 2.18 bits per heavy atom. The molecule has 1 unspecified atom stereocenters. The van der Waals surface area contributed by atoms with Crippen LogP contribution in [0.2, 0.25) is 5.02 Å². The maximum Gasteiger partial charge on any atom is 0.0467 e. The number of likely N-dealkylation sites (N-methyl/N-ethyl adjacent to an activating group) is 2. The monoisotopic (exact) mass is 255 g/mol. The van der Waals surface area contributed by atoms with E-state index in [1.165, 1.54) is 5.56 Å². The van der Waals surface area contributed by atoms with Gasteiger partial charge in [-0.3, -0.25) is 4.90 Å². The molecule has 0 aromatic heterocycles. The summed E-state index contributed by atoms with van der Waals surface area (Å²) >= 11 is 5.89. The molecule has 0 fully saturated rings. The standard InChI is InChI=1S/C13H22ClN3/c1-16(2)8-9-17(3)13(10-15)11-4-6-12(14)7-5-11/h4-7,13H,8-10,15H2,1-3H3. The van der Waals surface area contributed by atoms with Gasteiger partial charge in [-0.05, 0) is 38.8 Å².